The summed E-state index contributed by atoms with van der Waals surface area (Å²) >= 11 is 0. The van der Waals surface area contributed by atoms with Crippen molar-refractivity contribution in [2.24, 2.45) is 0 Å². The van der Waals surface area contributed by atoms with Crippen molar-refractivity contribution in [1.29, 1.82) is 0 Å². The number of aliphatic carboxylic acids is 1. The van der Waals surface area contributed by atoms with Gasteiger partial charge >= 0.3 is 5.97 Å². The predicted octanol–water partition coefficient (Wildman–Crippen LogP) is 3.13. The third-order valence-electron chi connectivity index (χ3n) is 4.03. The highest BCUT2D eigenvalue weighted by atomic mass is 33.1. The van der Waals surface area contributed by atoms with E-state index in [0.29, 0.717) is 12.2 Å². The Bertz CT molecular complexity index is 486. The Hall–Kier alpha value is -1.15. The zero-order chi connectivity index (χ0) is 19.2. The Balaban J connectivity index is 2.21. The maximum atomic E-state index is 12.1. The topological polar surface area (TPSA) is 95.5 Å². The molecule has 2 amide bonds. The molecule has 0 aromatic rings. The average Bonchev–Trinajstić information content (AvgIpc) is 2.58. The zero-order valence-corrected chi connectivity index (χ0v) is 17.0. The minimum atomic E-state index is -1.05. The quantitative estimate of drug-likeness (QED) is 0.312. The Morgan fingerprint density at radius 2 is 1.92 bits per heavy atom. The number of amides is 2. The smallest absolute Gasteiger partial charge is 0.327 e. The molecule has 0 radical (unpaired) electrons. The van der Waals surface area contributed by atoms with Gasteiger partial charge in [-0.25, -0.2) is 4.79 Å². The molecule has 0 fully saturated rings. The molecule has 1 aliphatic rings. The van der Waals surface area contributed by atoms with Crippen molar-refractivity contribution in [3.05, 3.63) is 12.2 Å². The first-order valence-electron chi connectivity index (χ1n) is 9.17. The monoisotopic (exact) mass is 402 g/mol. The molecular formula is C18H30N2O4S2. The fourth-order valence-electron chi connectivity index (χ4n) is 2.66. The molecule has 3 N–H and O–H groups in total. The summed E-state index contributed by atoms with van der Waals surface area (Å²) in [6, 6.07) is -0.681. The van der Waals surface area contributed by atoms with Crippen LogP contribution in [-0.4, -0.2) is 46.5 Å². The first-order valence-corrected chi connectivity index (χ1v) is 11.7. The van der Waals surface area contributed by atoms with Crippen LogP contribution in [0.1, 0.15) is 58.3 Å². The van der Waals surface area contributed by atoms with Crippen molar-refractivity contribution in [1.82, 2.24) is 10.6 Å². The molecule has 0 heterocycles. The number of rotatable bonds is 9. The van der Waals surface area contributed by atoms with Crippen LogP contribution in [0.4, 0.5) is 0 Å². The summed E-state index contributed by atoms with van der Waals surface area (Å²) in [4.78, 5) is 34.1. The molecule has 1 rings (SSSR count). The molecule has 26 heavy (non-hydrogen) atoms. The lowest BCUT2D eigenvalue weighted by Crippen LogP contribution is -2.41. The molecule has 0 aliphatic heterocycles. The highest BCUT2D eigenvalue weighted by Gasteiger charge is 2.18. The normalized spacial score (nSPS) is 20.6. The highest BCUT2D eigenvalue weighted by molar-refractivity contribution is 8.76. The van der Waals surface area contributed by atoms with Gasteiger partial charge in [-0.2, -0.15) is 0 Å². The van der Waals surface area contributed by atoms with Crippen molar-refractivity contribution in [3.8, 4) is 0 Å². The van der Waals surface area contributed by atoms with E-state index in [9.17, 15) is 14.4 Å². The molecule has 0 saturated heterocycles. The fraction of sp³-hybridized carbons (Fsp3) is 0.722. The Morgan fingerprint density at radius 3 is 2.65 bits per heavy atom. The zero-order valence-electron chi connectivity index (χ0n) is 15.4. The molecule has 8 heteroatoms. The van der Waals surface area contributed by atoms with E-state index in [1.807, 2.05) is 0 Å². The summed E-state index contributed by atoms with van der Waals surface area (Å²) in [6.45, 7) is 1.30. The van der Waals surface area contributed by atoms with Crippen LogP contribution < -0.4 is 10.6 Å². The van der Waals surface area contributed by atoms with Crippen molar-refractivity contribution >= 4 is 39.4 Å². The third-order valence-corrected chi connectivity index (χ3v) is 6.45. The van der Waals surface area contributed by atoms with Crippen LogP contribution in [0.5, 0.6) is 0 Å². The van der Waals surface area contributed by atoms with Crippen molar-refractivity contribution in [2.75, 3.05) is 11.5 Å². The lowest BCUT2D eigenvalue weighted by Gasteiger charge is -2.18. The van der Waals surface area contributed by atoms with Gasteiger partial charge in [0.25, 0.3) is 0 Å². The Kier molecular flexibility index (Phi) is 12.3. The molecule has 2 atom stereocenters. The molecule has 1 aliphatic carbocycles. The van der Waals surface area contributed by atoms with Crippen LogP contribution in [0.2, 0.25) is 0 Å². The number of carboxylic acids is 1. The number of hydrogen-bond acceptors (Lipinski definition) is 5. The maximum Gasteiger partial charge on any atom is 0.327 e. The van der Waals surface area contributed by atoms with Gasteiger partial charge in [-0.15, -0.1) is 0 Å². The minimum absolute atomic E-state index is 0.0465. The molecular weight excluding hydrogens is 372 g/mol. The van der Waals surface area contributed by atoms with Gasteiger partial charge in [0.05, 0.1) is 0 Å². The summed E-state index contributed by atoms with van der Waals surface area (Å²) in [7, 11) is 2.82. The number of hydrogen-bond donors (Lipinski definition) is 3. The first-order chi connectivity index (χ1) is 12.5. The number of nitrogens with one attached hydrogen (secondary N) is 2. The van der Waals surface area contributed by atoms with Gasteiger partial charge < -0.3 is 15.7 Å². The SMILES string of the molecule is CC(=O)NC(CSSCCC(=O)NC1C/C=C\CCCCCC1)C(=O)O. The van der Waals surface area contributed by atoms with Crippen LogP contribution in [0.15, 0.2) is 12.2 Å². The predicted molar refractivity (Wildman–Crippen MR) is 108 cm³/mol. The second-order valence-corrected chi connectivity index (χ2v) is 9.04. The van der Waals surface area contributed by atoms with E-state index in [2.05, 4.69) is 22.8 Å². The summed E-state index contributed by atoms with van der Waals surface area (Å²) in [6.07, 6.45) is 12.7. The largest absolute Gasteiger partial charge is 0.480 e. The molecule has 148 valence electrons. The number of carboxylic acid groups (broad SMARTS) is 1. The van der Waals surface area contributed by atoms with Gasteiger partial charge in [0, 0.05) is 30.9 Å². The lowest BCUT2D eigenvalue weighted by atomic mass is 10.0. The van der Waals surface area contributed by atoms with Crippen LogP contribution in [0, 0.1) is 0 Å². The lowest BCUT2D eigenvalue weighted by molar-refractivity contribution is -0.140. The van der Waals surface area contributed by atoms with E-state index in [0.717, 1.165) is 25.7 Å². The van der Waals surface area contributed by atoms with Crippen LogP contribution >= 0.6 is 21.6 Å². The summed E-state index contributed by atoms with van der Waals surface area (Å²) in [5.41, 5.74) is 0. The Morgan fingerprint density at radius 1 is 1.15 bits per heavy atom. The second kappa shape index (κ2) is 14.0. The molecule has 0 aromatic heterocycles. The average molecular weight is 403 g/mol. The van der Waals surface area contributed by atoms with E-state index in [1.54, 1.807) is 0 Å². The van der Waals surface area contributed by atoms with Crippen molar-refractivity contribution in [2.45, 2.75) is 70.4 Å². The van der Waals surface area contributed by atoms with Gasteiger partial charge in [0.2, 0.25) is 11.8 Å². The molecule has 6 nitrogen and oxygen atoms in total. The molecule has 0 spiro atoms. The van der Waals surface area contributed by atoms with Gasteiger partial charge in [0.15, 0.2) is 0 Å². The molecule has 0 aromatic carbocycles. The Labute approximate surface area is 163 Å². The van der Waals surface area contributed by atoms with Crippen molar-refractivity contribution in [3.63, 3.8) is 0 Å². The van der Waals surface area contributed by atoms with Crippen LogP contribution in [-0.2, 0) is 14.4 Å². The molecule has 0 saturated carbocycles. The minimum Gasteiger partial charge on any atom is -0.480 e. The van der Waals surface area contributed by atoms with E-state index >= 15 is 0 Å². The second-order valence-electron chi connectivity index (χ2n) is 6.41. The van der Waals surface area contributed by atoms with Gasteiger partial charge in [-0.1, -0.05) is 53.0 Å². The van der Waals surface area contributed by atoms with Gasteiger partial charge in [-0.05, 0) is 25.7 Å². The van der Waals surface area contributed by atoms with E-state index in [1.165, 1.54) is 47.8 Å². The standard InChI is InChI=1S/C18H30N2O4S2/c1-14(21)19-16(18(23)24)13-26-25-12-11-17(22)20-15-9-7-5-3-2-4-6-8-10-15/h5,7,15-16H,2-4,6,8-13H2,1H3,(H,19,21)(H,20,22)(H,23,24)/b7-5-. The maximum absolute atomic E-state index is 12.1. The number of carbonyl (C=O) groups is 3. The van der Waals surface area contributed by atoms with Crippen LogP contribution in [0.25, 0.3) is 0 Å². The summed E-state index contributed by atoms with van der Waals surface area (Å²) in [5.74, 6) is -0.470. The van der Waals surface area contributed by atoms with Gasteiger partial charge in [0.1, 0.15) is 6.04 Å². The first kappa shape index (κ1) is 22.9. The van der Waals surface area contributed by atoms with Crippen molar-refractivity contribution < 1.29 is 19.5 Å². The molecule has 0 bridgehead atoms. The van der Waals surface area contributed by atoms with Gasteiger partial charge in [-0.3, -0.25) is 9.59 Å². The van der Waals surface area contributed by atoms with E-state index in [4.69, 9.17) is 5.11 Å². The van der Waals surface area contributed by atoms with E-state index < -0.39 is 12.0 Å². The molecule has 2 unspecified atom stereocenters. The highest BCUT2D eigenvalue weighted by Crippen LogP contribution is 2.23. The number of allylic oxidation sites excluding steroid dienone is 1. The summed E-state index contributed by atoms with van der Waals surface area (Å²) in [5, 5.41) is 14.5. The van der Waals surface area contributed by atoms with Crippen LogP contribution in [0.3, 0.4) is 0 Å². The summed E-state index contributed by atoms with van der Waals surface area (Å²) < 4.78 is 0. The fourth-order valence-corrected chi connectivity index (χ4v) is 4.81. The number of carbonyl (C=O) groups excluding carboxylic acids is 2. The third kappa shape index (κ3) is 11.5. The van der Waals surface area contributed by atoms with E-state index in [-0.39, 0.29) is 23.6 Å².